The first-order valence-corrected chi connectivity index (χ1v) is 12.4. The van der Waals surface area contributed by atoms with Gasteiger partial charge in [-0.05, 0) is 63.1 Å². The molecule has 9 nitrogen and oxygen atoms in total. The molecule has 1 saturated carbocycles. The lowest BCUT2D eigenvalue weighted by atomic mass is 9.77. The molecule has 0 unspecified atom stereocenters. The summed E-state index contributed by atoms with van der Waals surface area (Å²) in [7, 11) is -2.04. The molecule has 1 aliphatic carbocycles. The van der Waals surface area contributed by atoms with E-state index >= 15 is 0 Å². The van der Waals surface area contributed by atoms with Gasteiger partial charge in [-0.15, -0.1) is 0 Å². The van der Waals surface area contributed by atoms with E-state index in [4.69, 9.17) is 0 Å². The second kappa shape index (κ2) is 9.19. The molecule has 2 aliphatic rings. The van der Waals surface area contributed by atoms with Gasteiger partial charge in [0.2, 0.25) is 15.9 Å². The van der Waals surface area contributed by atoms with E-state index in [0.717, 1.165) is 17.7 Å². The first-order chi connectivity index (χ1) is 15.0. The lowest BCUT2D eigenvalue weighted by Crippen LogP contribution is -2.49. The van der Waals surface area contributed by atoms with E-state index in [9.17, 15) is 22.8 Å². The molecule has 10 heteroatoms. The summed E-state index contributed by atoms with van der Waals surface area (Å²) in [5.41, 5.74) is -0.159. The third kappa shape index (κ3) is 4.80. The number of carbonyl (C=O) groups excluding carboxylic acids is 3. The van der Waals surface area contributed by atoms with Gasteiger partial charge in [0.1, 0.15) is 12.1 Å². The number of imide groups is 1. The maximum Gasteiger partial charge on any atom is 0.325 e. The Hall–Kier alpha value is -2.46. The molecule has 0 bridgehead atoms. The number of nitrogens with zero attached hydrogens (tertiary/aromatic N) is 2. The van der Waals surface area contributed by atoms with Crippen molar-refractivity contribution in [3.8, 4) is 0 Å². The minimum atomic E-state index is -3.57. The van der Waals surface area contributed by atoms with Crippen LogP contribution < -0.4 is 10.6 Å². The number of benzene rings is 1. The number of hydrogen-bond acceptors (Lipinski definition) is 5. The van der Waals surface area contributed by atoms with Crippen molar-refractivity contribution in [2.75, 3.05) is 13.6 Å². The van der Waals surface area contributed by atoms with Crippen LogP contribution in [0.4, 0.5) is 4.79 Å². The summed E-state index contributed by atoms with van der Waals surface area (Å²) in [5, 5.41) is 5.49. The quantitative estimate of drug-likeness (QED) is 0.598. The molecule has 3 rings (SSSR count). The normalized spacial score (nSPS) is 23.8. The fraction of sp³-hybridized carbons (Fsp3) is 0.591. The van der Waals surface area contributed by atoms with Gasteiger partial charge in [-0.3, -0.25) is 14.5 Å². The molecule has 1 aromatic carbocycles. The van der Waals surface area contributed by atoms with Crippen molar-refractivity contribution in [3.05, 3.63) is 29.8 Å². The Kier molecular flexibility index (Phi) is 6.94. The third-order valence-corrected chi connectivity index (χ3v) is 8.54. The van der Waals surface area contributed by atoms with Gasteiger partial charge in [0.15, 0.2) is 0 Å². The van der Waals surface area contributed by atoms with Gasteiger partial charge in [0.25, 0.3) is 5.91 Å². The highest BCUT2D eigenvalue weighted by Crippen LogP contribution is 2.36. The van der Waals surface area contributed by atoms with Crippen LogP contribution in [-0.2, 0) is 26.2 Å². The predicted molar refractivity (Wildman–Crippen MR) is 119 cm³/mol. The molecular formula is C22H32N4O5S. The minimum absolute atomic E-state index is 0.158. The minimum Gasteiger partial charge on any atom is -0.350 e. The Balaban J connectivity index is 1.56. The standard InChI is InChI=1S/C22H32N4O5S/c1-15(2)25(4)32(30,31)18-7-5-17(6-8-18)13-23-19(27)14-26-20(28)22(24-21(26)29)11-9-16(3)10-12-22/h5-8,15-16H,9-14H2,1-4H3,(H,23,27)(H,24,29). The largest absolute Gasteiger partial charge is 0.350 e. The van der Waals surface area contributed by atoms with Crippen LogP contribution in [0.1, 0.15) is 52.0 Å². The van der Waals surface area contributed by atoms with E-state index in [2.05, 4.69) is 17.6 Å². The van der Waals surface area contributed by atoms with Gasteiger partial charge in [-0.25, -0.2) is 13.2 Å². The molecule has 4 amide bonds. The topological polar surface area (TPSA) is 116 Å². The molecule has 1 heterocycles. The molecule has 1 saturated heterocycles. The average Bonchev–Trinajstić information content (AvgIpc) is 2.98. The van der Waals surface area contributed by atoms with Crippen molar-refractivity contribution in [2.24, 2.45) is 5.92 Å². The van der Waals surface area contributed by atoms with Crippen LogP contribution in [0.2, 0.25) is 0 Å². The number of sulfonamides is 1. The van der Waals surface area contributed by atoms with Gasteiger partial charge in [0.05, 0.1) is 4.90 Å². The molecule has 0 aromatic heterocycles. The molecule has 1 aromatic rings. The van der Waals surface area contributed by atoms with Crippen molar-refractivity contribution in [1.82, 2.24) is 19.8 Å². The Bertz CT molecular complexity index is 982. The van der Waals surface area contributed by atoms with Crippen molar-refractivity contribution in [1.29, 1.82) is 0 Å². The lowest BCUT2D eigenvalue weighted by Gasteiger charge is -2.33. The Morgan fingerprint density at radius 2 is 1.81 bits per heavy atom. The van der Waals surface area contributed by atoms with Crippen molar-refractivity contribution in [2.45, 2.75) is 69.5 Å². The zero-order valence-electron chi connectivity index (χ0n) is 19.1. The molecule has 2 N–H and O–H groups in total. The molecule has 1 aliphatic heterocycles. The number of urea groups is 1. The average molecular weight is 465 g/mol. The Morgan fingerprint density at radius 3 is 2.38 bits per heavy atom. The zero-order valence-corrected chi connectivity index (χ0v) is 19.9. The van der Waals surface area contributed by atoms with Crippen LogP contribution in [0.3, 0.4) is 0 Å². The molecule has 2 fully saturated rings. The summed E-state index contributed by atoms with van der Waals surface area (Å²) in [6, 6.07) is 5.58. The van der Waals surface area contributed by atoms with Gasteiger partial charge in [0, 0.05) is 19.6 Å². The summed E-state index contributed by atoms with van der Waals surface area (Å²) in [6.45, 7) is 5.54. The number of amides is 4. The second-order valence-corrected chi connectivity index (χ2v) is 11.1. The number of carbonyl (C=O) groups is 3. The van der Waals surface area contributed by atoms with Crippen LogP contribution in [0.25, 0.3) is 0 Å². The SMILES string of the molecule is CC1CCC2(CC1)NC(=O)N(CC(=O)NCc1ccc(S(=O)(=O)N(C)C(C)C)cc1)C2=O. The third-order valence-electron chi connectivity index (χ3n) is 6.49. The van der Waals surface area contributed by atoms with E-state index in [1.54, 1.807) is 26.0 Å². The Morgan fingerprint density at radius 1 is 1.22 bits per heavy atom. The molecular weight excluding hydrogens is 432 g/mol. The fourth-order valence-electron chi connectivity index (χ4n) is 4.04. The van der Waals surface area contributed by atoms with E-state index < -0.39 is 27.5 Å². The lowest BCUT2D eigenvalue weighted by molar-refractivity contribution is -0.136. The van der Waals surface area contributed by atoms with Crippen LogP contribution in [0, 0.1) is 5.92 Å². The Labute approximate surface area is 189 Å². The van der Waals surface area contributed by atoms with Crippen LogP contribution >= 0.6 is 0 Å². The zero-order chi connectivity index (χ0) is 23.7. The molecule has 32 heavy (non-hydrogen) atoms. The first kappa shape index (κ1) is 24.2. The predicted octanol–water partition coefficient (Wildman–Crippen LogP) is 1.83. The second-order valence-electron chi connectivity index (χ2n) is 9.12. The summed E-state index contributed by atoms with van der Waals surface area (Å²) in [5.74, 6) is -0.255. The van der Waals surface area contributed by atoms with Crippen LogP contribution in [0.15, 0.2) is 29.2 Å². The fourth-order valence-corrected chi connectivity index (χ4v) is 5.40. The van der Waals surface area contributed by atoms with Crippen LogP contribution in [-0.4, -0.2) is 60.6 Å². The highest BCUT2D eigenvalue weighted by atomic mass is 32.2. The number of rotatable bonds is 7. The molecule has 0 radical (unpaired) electrons. The highest BCUT2D eigenvalue weighted by molar-refractivity contribution is 7.89. The van der Waals surface area contributed by atoms with E-state index in [1.165, 1.54) is 23.5 Å². The van der Waals surface area contributed by atoms with Gasteiger partial charge in [-0.2, -0.15) is 4.31 Å². The number of nitrogens with one attached hydrogen (secondary N) is 2. The maximum atomic E-state index is 12.8. The van der Waals surface area contributed by atoms with E-state index in [1.807, 2.05) is 0 Å². The first-order valence-electron chi connectivity index (χ1n) is 10.9. The molecule has 176 valence electrons. The van der Waals surface area contributed by atoms with E-state index in [0.29, 0.717) is 24.3 Å². The van der Waals surface area contributed by atoms with Gasteiger partial charge < -0.3 is 10.6 Å². The van der Waals surface area contributed by atoms with Crippen molar-refractivity contribution >= 4 is 27.9 Å². The van der Waals surface area contributed by atoms with Crippen molar-refractivity contribution < 1.29 is 22.8 Å². The summed E-state index contributed by atoms with van der Waals surface area (Å²) < 4.78 is 26.4. The van der Waals surface area contributed by atoms with Gasteiger partial charge >= 0.3 is 6.03 Å². The summed E-state index contributed by atoms with van der Waals surface area (Å²) in [4.78, 5) is 38.7. The van der Waals surface area contributed by atoms with Gasteiger partial charge in [-0.1, -0.05) is 19.1 Å². The number of hydrogen-bond donors (Lipinski definition) is 2. The van der Waals surface area contributed by atoms with E-state index in [-0.39, 0.29) is 29.9 Å². The van der Waals surface area contributed by atoms with Crippen LogP contribution in [0.5, 0.6) is 0 Å². The summed E-state index contributed by atoms with van der Waals surface area (Å²) >= 11 is 0. The van der Waals surface area contributed by atoms with Crippen molar-refractivity contribution in [3.63, 3.8) is 0 Å². The molecule has 0 atom stereocenters. The molecule has 1 spiro atoms. The smallest absolute Gasteiger partial charge is 0.325 e. The monoisotopic (exact) mass is 464 g/mol. The maximum absolute atomic E-state index is 12.8. The highest BCUT2D eigenvalue weighted by Gasteiger charge is 2.52. The summed E-state index contributed by atoms with van der Waals surface area (Å²) in [6.07, 6.45) is 2.92.